The van der Waals surface area contributed by atoms with Gasteiger partial charge in [-0.3, -0.25) is 0 Å². The van der Waals surface area contributed by atoms with Crippen molar-refractivity contribution in [3.05, 3.63) is 46.2 Å². The first kappa shape index (κ1) is 16.8. The van der Waals surface area contributed by atoms with Crippen molar-refractivity contribution in [2.45, 2.75) is 31.9 Å². The number of benzene rings is 1. The molecule has 0 radical (unpaired) electrons. The number of carbonyl (C=O) groups excluding carboxylic acids is 1. The molecule has 1 aromatic carbocycles. The quantitative estimate of drug-likeness (QED) is 0.759. The van der Waals surface area contributed by atoms with E-state index in [-0.39, 0.29) is 11.5 Å². The molecule has 0 atom stereocenters. The smallest absolute Gasteiger partial charge is 0.422 e. The molecule has 1 aliphatic carbocycles. The molecule has 0 aliphatic heterocycles. The Bertz CT molecular complexity index is 782. The van der Waals surface area contributed by atoms with E-state index in [0.717, 1.165) is 18.4 Å². The van der Waals surface area contributed by atoms with E-state index in [1.54, 1.807) is 16.8 Å². The second-order valence-corrected chi connectivity index (χ2v) is 6.16. The van der Waals surface area contributed by atoms with Gasteiger partial charge in [-0.2, -0.15) is 18.3 Å². The lowest BCUT2D eigenvalue weighted by Crippen LogP contribution is -2.20. The summed E-state index contributed by atoms with van der Waals surface area (Å²) < 4.78 is 42.6. The standard InChI is InChI=1S/C16H14ClF3N2O2/c1-9-2-5-11(6-13(9)17)22-14(10-3-4-10)12(7-21-22)15(23)24-8-16(18,19)20/h2,5-7,10H,3-4,8H2,1H3. The van der Waals surface area contributed by atoms with Crippen molar-refractivity contribution in [3.8, 4) is 5.69 Å². The lowest BCUT2D eigenvalue weighted by Gasteiger charge is -2.11. The number of aryl methyl sites for hydroxylation is 1. The van der Waals surface area contributed by atoms with Crippen LogP contribution in [-0.2, 0) is 4.74 Å². The molecule has 0 spiro atoms. The van der Waals surface area contributed by atoms with Crippen molar-refractivity contribution in [2.75, 3.05) is 6.61 Å². The van der Waals surface area contributed by atoms with Crippen molar-refractivity contribution in [3.63, 3.8) is 0 Å². The van der Waals surface area contributed by atoms with E-state index >= 15 is 0 Å². The maximum Gasteiger partial charge on any atom is 0.422 e. The monoisotopic (exact) mass is 358 g/mol. The van der Waals surface area contributed by atoms with Crippen LogP contribution in [0.25, 0.3) is 5.69 Å². The van der Waals surface area contributed by atoms with Gasteiger partial charge >= 0.3 is 12.1 Å². The first-order valence-corrected chi connectivity index (χ1v) is 7.72. The van der Waals surface area contributed by atoms with Crippen molar-refractivity contribution in [2.24, 2.45) is 0 Å². The molecule has 0 N–H and O–H groups in total. The van der Waals surface area contributed by atoms with E-state index < -0.39 is 18.8 Å². The first-order valence-electron chi connectivity index (χ1n) is 7.34. The Kier molecular flexibility index (Phi) is 4.29. The number of halogens is 4. The zero-order chi connectivity index (χ0) is 17.5. The summed E-state index contributed by atoms with van der Waals surface area (Å²) in [5.41, 5.74) is 2.19. The summed E-state index contributed by atoms with van der Waals surface area (Å²) in [6.45, 7) is 0.244. The van der Waals surface area contributed by atoms with Gasteiger partial charge in [0.1, 0.15) is 5.56 Å². The van der Waals surface area contributed by atoms with Crippen LogP contribution >= 0.6 is 11.6 Å². The molecule has 0 saturated heterocycles. The summed E-state index contributed by atoms with van der Waals surface area (Å²) in [6.07, 6.45) is -1.61. The molecule has 0 unspecified atom stereocenters. The zero-order valence-electron chi connectivity index (χ0n) is 12.7. The molecule has 1 heterocycles. The fourth-order valence-electron chi connectivity index (χ4n) is 2.41. The molecule has 0 bridgehead atoms. The Morgan fingerprint density at radius 2 is 2.12 bits per heavy atom. The van der Waals surface area contributed by atoms with E-state index in [1.807, 2.05) is 13.0 Å². The highest BCUT2D eigenvalue weighted by Gasteiger charge is 2.35. The van der Waals surface area contributed by atoms with Crippen LogP contribution in [-0.4, -0.2) is 28.5 Å². The summed E-state index contributed by atoms with van der Waals surface area (Å²) in [7, 11) is 0. The number of carbonyl (C=O) groups is 1. The normalized spacial score (nSPS) is 14.7. The molecule has 1 fully saturated rings. The number of nitrogens with zero attached hydrogens (tertiary/aromatic N) is 2. The van der Waals surface area contributed by atoms with Crippen LogP contribution in [0.15, 0.2) is 24.4 Å². The Morgan fingerprint density at radius 3 is 2.71 bits per heavy atom. The summed E-state index contributed by atoms with van der Waals surface area (Å²) in [6, 6.07) is 5.32. The maximum absolute atomic E-state index is 12.2. The summed E-state index contributed by atoms with van der Waals surface area (Å²) >= 11 is 6.12. The van der Waals surface area contributed by atoms with Crippen LogP contribution in [0, 0.1) is 6.92 Å². The number of ether oxygens (including phenoxy) is 1. The van der Waals surface area contributed by atoms with Crippen LogP contribution in [0.1, 0.15) is 40.4 Å². The van der Waals surface area contributed by atoms with Crippen molar-refractivity contribution >= 4 is 17.6 Å². The van der Waals surface area contributed by atoms with E-state index in [9.17, 15) is 18.0 Å². The van der Waals surface area contributed by atoms with E-state index in [1.165, 1.54) is 6.20 Å². The van der Waals surface area contributed by atoms with Crippen molar-refractivity contribution in [1.82, 2.24) is 9.78 Å². The molecular weight excluding hydrogens is 345 g/mol. The molecule has 1 aromatic heterocycles. The molecule has 1 saturated carbocycles. The zero-order valence-corrected chi connectivity index (χ0v) is 13.5. The summed E-state index contributed by atoms with van der Waals surface area (Å²) in [4.78, 5) is 12.0. The van der Waals surface area contributed by atoms with Gasteiger partial charge in [0, 0.05) is 10.9 Å². The average Bonchev–Trinajstić information content (AvgIpc) is 3.25. The third-order valence-corrected chi connectivity index (χ3v) is 4.16. The fraction of sp³-hybridized carbons (Fsp3) is 0.375. The number of hydrogen-bond donors (Lipinski definition) is 0. The van der Waals surface area contributed by atoms with Gasteiger partial charge in [-0.05, 0) is 37.5 Å². The molecule has 1 aliphatic rings. The summed E-state index contributed by atoms with van der Waals surface area (Å²) in [5.74, 6) is -0.931. The largest absolute Gasteiger partial charge is 0.452 e. The maximum atomic E-state index is 12.2. The predicted octanol–water partition coefficient (Wildman–Crippen LogP) is 4.43. The van der Waals surface area contributed by atoms with E-state index in [2.05, 4.69) is 9.84 Å². The number of aromatic nitrogens is 2. The highest BCUT2D eigenvalue weighted by Crippen LogP contribution is 2.43. The molecule has 24 heavy (non-hydrogen) atoms. The Morgan fingerprint density at radius 1 is 1.42 bits per heavy atom. The van der Waals surface area contributed by atoms with Gasteiger partial charge in [0.2, 0.25) is 0 Å². The topological polar surface area (TPSA) is 44.1 Å². The minimum Gasteiger partial charge on any atom is -0.452 e. The molecule has 2 aromatic rings. The van der Waals surface area contributed by atoms with Gasteiger partial charge < -0.3 is 4.74 Å². The Balaban J connectivity index is 1.93. The van der Waals surface area contributed by atoms with Gasteiger partial charge in [-0.25, -0.2) is 9.48 Å². The fourth-order valence-corrected chi connectivity index (χ4v) is 2.58. The highest BCUT2D eigenvalue weighted by molar-refractivity contribution is 6.31. The lowest BCUT2D eigenvalue weighted by atomic mass is 10.1. The van der Waals surface area contributed by atoms with Gasteiger partial charge in [-0.1, -0.05) is 17.7 Å². The van der Waals surface area contributed by atoms with Gasteiger partial charge in [0.15, 0.2) is 6.61 Å². The second-order valence-electron chi connectivity index (χ2n) is 5.75. The van der Waals surface area contributed by atoms with E-state index in [4.69, 9.17) is 11.6 Å². The van der Waals surface area contributed by atoms with Crippen LogP contribution in [0.3, 0.4) is 0 Å². The summed E-state index contributed by atoms with van der Waals surface area (Å²) in [5, 5.41) is 4.71. The van der Waals surface area contributed by atoms with Gasteiger partial charge in [0.25, 0.3) is 0 Å². The first-order chi connectivity index (χ1) is 11.3. The SMILES string of the molecule is Cc1ccc(-n2ncc(C(=O)OCC(F)(F)F)c2C2CC2)cc1Cl. The number of rotatable bonds is 4. The minimum absolute atomic E-state index is 0.0680. The second kappa shape index (κ2) is 6.12. The molecule has 4 nitrogen and oxygen atoms in total. The van der Waals surface area contributed by atoms with Gasteiger partial charge in [-0.15, -0.1) is 0 Å². The van der Waals surface area contributed by atoms with Crippen LogP contribution in [0.4, 0.5) is 13.2 Å². The third kappa shape index (κ3) is 3.56. The molecule has 128 valence electrons. The van der Waals surface area contributed by atoms with Crippen LogP contribution in [0.5, 0.6) is 0 Å². The Labute approximate surface area is 141 Å². The minimum atomic E-state index is -4.56. The number of esters is 1. The molecule has 0 amide bonds. The third-order valence-electron chi connectivity index (χ3n) is 3.76. The molecule has 3 rings (SSSR count). The van der Waals surface area contributed by atoms with Crippen molar-refractivity contribution < 1.29 is 22.7 Å². The number of hydrogen-bond acceptors (Lipinski definition) is 3. The lowest BCUT2D eigenvalue weighted by molar-refractivity contribution is -0.161. The predicted molar refractivity (Wildman–Crippen MR) is 81.6 cm³/mol. The highest BCUT2D eigenvalue weighted by atomic mass is 35.5. The van der Waals surface area contributed by atoms with Gasteiger partial charge in [0.05, 0.1) is 17.6 Å². The van der Waals surface area contributed by atoms with Crippen LogP contribution in [0.2, 0.25) is 5.02 Å². The number of alkyl halides is 3. The van der Waals surface area contributed by atoms with E-state index in [0.29, 0.717) is 16.4 Å². The molecular formula is C16H14ClF3N2O2. The molecule has 8 heteroatoms. The Hall–Kier alpha value is -2.02. The van der Waals surface area contributed by atoms with Crippen molar-refractivity contribution in [1.29, 1.82) is 0 Å². The average molecular weight is 359 g/mol. The van der Waals surface area contributed by atoms with Crippen LogP contribution < -0.4 is 0 Å².